The molecule has 0 radical (unpaired) electrons. The first-order valence-corrected chi connectivity index (χ1v) is 9.53. The zero-order valence-corrected chi connectivity index (χ0v) is 16.1. The fourth-order valence-corrected chi connectivity index (χ4v) is 3.47. The van der Waals surface area contributed by atoms with Gasteiger partial charge in [-0.1, -0.05) is 35.9 Å². The van der Waals surface area contributed by atoms with Gasteiger partial charge in [0.2, 0.25) is 11.8 Å². The Balaban J connectivity index is 1.54. The van der Waals surface area contributed by atoms with Crippen molar-refractivity contribution in [1.82, 2.24) is 4.90 Å². The number of nitrogens with zero attached hydrogens (tertiary/aromatic N) is 1. The average Bonchev–Trinajstić information content (AvgIpc) is 2.65. The van der Waals surface area contributed by atoms with Gasteiger partial charge in [0.05, 0.1) is 12.5 Å². The Labute approximate surface area is 164 Å². The van der Waals surface area contributed by atoms with Crippen LogP contribution in [0, 0.1) is 12.8 Å². The van der Waals surface area contributed by atoms with Crippen LogP contribution in [0.4, 0.5) is 11.4 Å². The first-order valence-electron chi connectivity index (χ1n) is 9.15. The maximum absolute atomic E-state index is 12.5. The summed E-state index contributed by atoms with van der Waals surface area (Å²) in [5, 5.41) is 6.46. The molecule has 3 rings (SSSR count). The number of carbonyl (C=O) groups is 2. The van der Waals surface area contributed by atoms with Gasteiger partial charge in [0.1, 0.15) is 0 Å². The molecule has 0 aromatic heterocycles. The Morgan fingerprint density at radius 3 is 2.70 bits per heavy atom. The van der Waals surface area contributed by atoms with Gasteiger partial charge in [-0.15, -0.1) is 0 Å². The number of para-hydroxylation sites is 1. The molecule has 27 heavy (non-hydrogen) atoms. The molecule has 2 N–H and O–H groups in total. The van der Waals surface area contributed by atoms with E-state index in [-0.39, 0.29) is 24.3 Å². The number of nitrogens with one attached hydrogen (secondary N) is 2. The van der Waals surface area contributed by atoms with Gasteiger partial charge in [0, 0.05) is 22.9 Å². The van der Waals surface area contributed by atoms with Gasteiger partial charge in [-0.2, -0.15) is 0 Å². The molecule has 1 fully saturated rings. The highest BCUT2D eigenvalue weighted by Crippen LogP contribution is 2.21. The van der Waals surface area contributed by atoms with Gasteiger partial charge in [-0.25, -0.2) is 0 Å². The minimum Gasteiger partial charge on any atom is -0.326 e. The molecule has 2 aromatic rings. The van der Waals surface area contributed by atoms with Crippen molar-refractivity contribution >= 4 is 34.8 Å². The average molecular weight is 386 g/mol. The molecular formula is C21H24ClN3O2. The van der Waals surface area contributed by atoms with Crippen LogP contribution in [0.3, 0.4) is 0 Å². The Morgan fingerprint density at radius 2 is 1.93 bits per heavy atom. The lowest BCUT2D eigenvalue weighted by atomic mass is 9.97. The lowest BCUT2D eigenvalue weighted by molar-refractivity contribution is -0.123. The molecule has 2 aromatic carbocycles. The number of aryl methyl sites for hydroxylation is 1. The molecule has 5 nitrogen and oxygen atoms in total. The number of anilines is 2. The lowest BCUT2D eigenvalue weighted by Crippen LogP contribution is -2.44. The second-order valence-electron chi connectivity index (χ2n) is 6.94. The summed E-state index contributed by atoms with van der Waals surface area (Å²) in [6.07, 6.45) is 1.74. The number of hydrogen-bond acceptors (Lipinski definition) is 3. The Morgan fingerprint density at radius 1 is 1.15 bits per heavy atom. The molecule has 0 saturated carbocycles. The van der Waals surface area contributed by atoms with E-state index in [0.29, 0.717) is 11.6 Å². The van der Waals surface area contributed by atoms with Crippen molar-refractivity contribution in [1.29, 1.82) is 0 Å². The SMILES string of the molecule is Cc1ccc(Cl)cc1NC(=O)CN1CCC[C@@H](C(=O)Nc2ccccc2)C1. The van der Waals surface area contributed by atoms with Gasteiger partial charge < -0.3 is 10.6 Å². The van der Waals surface area contributed by atoms with E-state index < -0.39 is 0 Å². The van der Waals surface area contributed by atoms with Crippen LogP contribution in [0.1, 0.15) is 18.4 Å². The number of benzene rings is 2. The maximum atomic E-state index is 12.5. The van der Waals surface area contributed by atoms with Crippen LogP contribution in [0.5, 0.6) is 0 Å². The summed E-state index contributed by atoms with van der Waals surface area (Å²) in [7, 11) is 0. The Kier molecular flexibility index (Phi) is 6.48. The van der Waals surface area contributed by atoms with Crippen molar-refractivity contribution in [2.75, 3.05) is 30.3 Å². The highest BCUT2D eigenvalue weighted by molar-refractivity contribution is 6.31. The number of carbonyl (C=O) groups excluding carboxylic acids is 2. The van der Waals surface area contributed by atoms with Crippen molar-refractivity contribution in [3.63, 3.8) is 0 Å². The standard InChI is InChI=1S/C21H24ClN3O2/c1-15-9-10-17(22)12-19(15)24-20(26)14-25-11-5-6-16(13-25)21(27)23-18-7-3-2-4-8-18/h2-4,7-10,12,16H,5-6,11,13-14H2,1H3,(H,23,27)(H,24,26)/t16-/m1/s1. The molecular weight excluding hydrogens is 362 g/mol. The predicted octanol–water partition coefficient (Wildman–Crippen LogP) is 3.94. The van der Waals surface area contributed by atoms with Crippen molar-refractivity contribution in [3.8, 4) is 0 Å². The summed E-state index contributed by atoms with van der Waals surface area (Å²) in [6.45, 7) is 3.59. The summed E-state index contributed by atoms with van der Waals surface area (Å²) < 4.78 is 0. The van der Waals surface area contributed by atoms with Crippen molar-refractivity contribution in [3.05, 3.63) is 59.1 Å². The zero-order valence-electron chi connectivity index (χ0n) is 15.4. The molecule has 1 saturated heterocycles. The number of piperidine rings is 1. The number of rotatable bonds is 5. The van der Waals surface area contributed by atoms with E-state index in [2.05, 4.69) is 10.6 Å². The van der Waals surface area contributed by atoms with Crippen molar-refractivity contribution < 1.29 is 9.59 Å². The summed E-state index contributed by atoms with van der Waals surface area (Å²) in [5.41, 5.74) is 2.49. The first kappa shape index (κ1) is 19.4. The molecule has 142 valence electrons. The number of halogens is 1. The second-order valence-corrected chi connectivity index (χ2v) is 7.37. The van der Waals surface area contributed by atoms with E-state index in [0.717, 1.165) is 36.3 Å². The van der Waals surface area contributed by atoms with Gasteiger partial charge >= 0.3 is 0 Å². The zero-order chi connectivity index (χ0) is 19.2. The second kappa shape index (κ2) is 9.02. The Hall–Kier alpha value is -2.37. The number of likely N-dealkylation sites (tertiary alicyclic amines) is 1. The molecule has 1 atom stereocenters. The van der Waals surface area contributed by atoms with E-state index in [1.54, 1.807) is 12.1 Å². The molecule has 6 heteroatoms. The normalized spacial score (nSPS) is 17.3. The van der Waals surface area contributed by atoms with Crippen LogP contribution in [0.15, 0.2) is 48.5 Å². The third-order valence-electron chi connectivity index (χ3n) is 4.76. The van der Waals surface area contributed by atoms with Crippen LogP contribution in [-0.2, 0) is 9.59 Å². The predicted molar refractivity (Wildman–Crippen MR) is 109 cm³/mol. The van der Waals surface area contributed by atoms with Gasteiger partial charge in [-0.05, 0) is 56.1 Å². The first-order chi connectivity index (χ1) is 13.0. The van der Waals surface area contributed by atoms with E-state index in [1.807, 2.05) is 48.2 Å². The topological polar surface area (TPSA) is 61.4 Å². The molecule has 1 aliphatic heterocycles. The smallest absolute Gasteiger partial charge is 0.238 e. The quantitative estimate of drug-likeness (QED) is 0.819. The van der Waals surface area contributed by atoms with E-state index in [4.69, 9.17) is 11.6 Å². The number of hydrogen-bond donors (Lipinski definition) is 2. The fraction of sp³-hybridized carbons (Fsp3) is 0.333. The summed E-state index contributed by atoms with van der Waals surface area (Å²) >= 11 is 6.01. The number of amides is 2. The molecule has 0 spiro atoms. The summed E-state index contributed by atoms with van der Waals surface area (Å²) in [5.74, 6) is -0.193. The van der Waals surface area contributed by atoms with E-state index in [9.17, 15) is 9.59 Å². The van der Waals surface area contributed by atoms with Crippen molar-refractivity contribution in [2.24, 2.45) is 5.92 Å². The molecule has 1 heterocycles. The third kappa shape index (κ3) is 5.55. The molecule has 2 amide bonds. The maximum Gasteiger partial charge on any atom is 0.238 e. The minimum atomic E-state index is -0.111. The van der Waals surface area contributed by atoms with E-state index >= 15 is 0 Å². The van der Waals surface area contributed by atoms with Crippen molar-refractivity contribution in [2.45, 2.75) is 19.8 Å². The fourth-order valence-electron chi connectivity index (χ4n) is 3.30. The highest BCUT2D eigenvalue weighted by atomic mass is 35.5. The Bertz CT molecular complexity index is 810. The van der Waals surface area contributed by atoms with Crippen LogP contribution in [-0.4, -0.2) is 36.3 Å². The van der Waals surface area contributed by atoms with Gasteiger partial charge in [-0.3, -0.25) is 14.5 Å². The third-order valence-corrected chi connectivity index (χ3v) is 4.99. The highest BCUT2D eigenvalue weighted by Gasteiger charge is 2.27. The van der Waals surface area contributed by atoms with Gasteiger partial charge in [0.25, 0.3) is 0 Å². The minimum absolute atomic E-state index is 0.0111. The summed E-state index contributed by atoms with van der Waals surface area (Å²) in [4.78, 5) is 27.0. The van der Waals surface area contributed by atoms with Crippen LogP contribution >= 0.6 is 11.6 Å². The molecule has 0 bridgehead atoms. The van der Waals surface area contributed by atoms with E-state index in [1.165, 1.54) is 0 Å². The van der Waals surface area contributed by atoms with Crippen LogP contribution in [0.2, 0.25) is 5.02 Å². The van der Waals surface area contributed by atoms with Crippen LogP contribution < -0.4 is 10.6 Å². The largest absolute Gasteiger partial charge is 0.326 e. The molecule has 0 aliphatic carbocycles. The lowest BCUT2D eigenvalue weighted by Gasteiger charge is -2.31. The van der Waals surface area contributed by atoms with Gasteiger partial charge in [0.15, 0.2) is 0 Å². The van der Waals surface area contributed by atoms with Crippen LogP contribution in [0.25, 0.3) is 0 Å². The monoisotopic (exact) mass is 385 g/mol. The molecule has 1 aliphatic rings. The summed E-state index contributed by atoms with van der Waals surface area (Å²) in [6, 6.07) is 14.9. The molecule has 0 unspecified atom stereocenters.